The number of aromatic nitrogens is 1. The summed E-state index contributed by atoms with van der Waals surface area (Å²) in [6.07, 6.45) is 0. The zero-order chi connectivity index (χ0) is 20.0. The Hall–Kier alpha value is -3.39. The van der Waals surface area contributed by atoms with Crippen LogP contribution in [0, 0.1) is 13.8 Å². The number of ketones is 1. The summed E-state index contributed by atoms with van der Waals surface area (Å²) in [5, 5.41) is 3.93. The molecule has 2 amide bonds. The number of benzene rings is 2. The third-order valence-electron chi connectivity index (χ3n) is 4.73. The quantitative estimate of drug-likeness (QED) is 0.312. The first-order chi connectivity index (χ1) is 13.4. The van der Waals surface area contributed by atoms with Crippen LogP contribution in [-0.2, 0) is 14.4 Å². The van der Waals surface area contributed by atoms with Crippen LogP contribution in [0.5, 0.6) is 0 Å². The summed E-state index contributed by atoms with van der Waals surface area (Å²) in [5.74, 6) is 1.93. The third-order valence-corrected chi connectivity index (χ3v) is 5.83. The van der Waals surface area contributed by atoms with Crippen LogP contribution < -0.4 is 10.7 Å². The first-order valence-corrected chi connectivity index (χ1v) is 9.37. The van der Waals surface area contributed by atoms with Gasteiger partial charge in [0.25, 0.3) is 5.91 Å². The summed E-state index contributed by atoms with van der Waals surface area (Å²) in [6, 6.07) is 12.7. The molecular weight excluding hydrogens is 376 g/mol. The number of carbonyl (C=O) groups excluding carboxylic acids is 3. The van der Waals surface area contributed by atoms with E-state index >= 15 is 0 Å². The van der Waals surface area contributed by atoms with Crippen LogP contribution in [0.4, 0.5) is 5.69 Å². The summed E-state index contributed by atoms with van der Waals surface area (Å²) in [5.41, 5.74) is 2.28. The van der Waals surface area contributed by atoms with E-state index in [0.29, 0.717) is 27.3 Å². The van der Waals surface area contributed by atoms with Crippen LogP contribution >= 0.6 is 11.3 Å². The average molecular weight is 392 g/mol. The molecule has 2 N–H and O–H groups in total. The predicted octanol–water partition coefficient (Wildman–Crippen LogP) is 2.45. The molecule has 4 rings (SSSR count). The molecule has 1 aliphatic heterocycles. The summed E-state index contributed by atoms with van der Waals surface area (Å²) < 4.78 is 0.846. The topological polar surface area (TPSA) is 106 Å². The smallest absolute Gasteiger partial charge is 0.302 e. The Kier molecular flexibility index (Phi) is 4.27. The number of carbonyl (C=O) groups is 3. The molecule has 1 atom stereocenters. The van der Waals surface area contributed by atoms with Crippen LogP contribution in [0.15, 0.2) is 47.6 Å². The first-order valence-electron chi connectivity index (χ1n) is 8.56. The SMILES string of the molecule is Cc1cccc(C)c1N1C(=O)C(=O)C(c2nc3ccccc3s2)/C(=N\N)C1=O. The molecule has 1 saturated heterocycles. The lowest BCUT2D eigenvalue weighted by Crippen LogP contribution is -2.55. The number of hydrazone groups is 1. The van der Waals surface area contributed by atoms with E-state index in [1.165, 1.54) is 11.3 Å². The van der Waals surface area contributed by atoms with Gasteiger partial charge in [0.05, 0.1) is 15.9 Å². The van der Waals surface area contributed by atoms with Crippen LogP contribution in [0.25, 0.3) is 10.2 Å². The Morgan fingerprint density at radius 1 is 1.00 bits per heavy atom. The summed E-state index contributed by atoms with van der Waals surface area (Å²) in [7, 11) is 0. The fraction of sp³-hybridized carbons (Fsp3) is 0.150. The fourth-order valence-corrected chi connectivity index (χ4v) is 4.49. The number of piperidine rings is 1. The van der Waals surface area contributed by atoms with Crippen molar-refractivity contribution in [1.82, 2.24) is 4.98 Å². The molecular formula is C20H16N4O3S. The van der Waals surface area contributed by atoms with Gasteiger partial charge in [0, 0.05) is 0 Å². The average Bonchev–Trinajstić information content (AvgIpc) is 3.10. The molecule has 28 heavy (non-hydrogen) atoms. The van der Waals surface area contributed by atoms with Crippen molar-refractivity contribution in [2.45, 2.75) is 19.8 Å². The van der Waals surface area contributed by atoms with Gasteiger partial charge in [-0.05, 0) is 37.1 Å². The predicted molar refractivity (Wildman–Crippen MR) is 107 cm³/mol. The summed E-state index contributed by atoms with van der Waals surface area (Å²) >= 11 is 1.24. The maximum absolute atomic E-state index is 13.1. The molecule has 1 aliphatic rings. The lowest BCUT2D eigenvalue weighted by Gasteiger charge is -2.30. The minimum atomic E-state index is -1.19. The minimum Gasteiger partial charge on any atom is -0.323 e. The lowest BCUT2D eigenvalue weighted by molar-refractivity contribution is -0.139. The molecule has 0 spiro atoms. The number of amides is 2. The van der Waals surface area contributed by atoms with E-state index in [0.717, 1.165) is 9.60 Å². The van der Waals surface area contributed by atoms with E-state index in [1.54, 1.807) is 32.0 Å². The van der Waals surface area contributed by atoms with Gasteiger partial charge >= 0.3 is 5.91 Å². The summed E-state index contributed by atoms with van der Waals surface area (Å²) in [4.78, 5) is 44.4. The van der Waals surface area contributed by atoms with Crippen LogP contribution in [-0.4, -0.2) is 28.3 Å². The molecule has 0 bridgehead atoms. The molecule has 7 nitrogen and oxygen atoms in total. The number of nitrogens with zero attached hydrogens (tertiary/aromatic N) is 3. The number of aryl methyl sites for hydroxylation is 2. The molecule has 2 heterocycles. The number of para-hydroxylation sites is 2. The monoisotopic (exact) mass is 392 g/mol. The number of hydrogen-bond donors (Lipinski definition) is 1. The highest BCUT2D eigenvalue weighted by molar-refractivity contribution is 7.19. The standard InChI is InChI=1S/C20H16N4O3S/c1-10-6-5-7-11(2)16(10)24-19(26)15(23-21)14(17(25)20(24)27)18-22-12-8-3-4-9-13(12)28-18/h3-9,14H,21H2,1-2H3/b23-15+. The van der Waals surface area contributed by atoms with E-state index in [-0.39, 0.29) is 5.71 Å². The normalized spacial score (nSPS) is 19.1. The molecule has 0 aliphatic carbocycles. The number of nitrogens with two attached hydrogens (primary N) is 1. The molecule has 8 heteroatoms. The van der Waals surface area contributed by atoms with E-state index < -0.39 is 23.5 Å². The minimum absolute atomic E-state index is 0.189. The van der Waals surface area contributed by atoms with Crippen molar-refractivity contribution in [2.24, 2.45) is 10.9 Å². The van der Waals surface area contributed by atoms with Gasteiger partial charge in [0.1, 0.15) is 16.6 Å². The van der Waals surface area contributed by atoms with Gasteiger partial charge in [-0.25, -0.2) is 9.88 Å². The van der Waals surface area contributed by atoms with E-state index in [1.807, 2.05) is 24.3 Å². The van der Waals surface area contributed by atoms with Gasteiger partial charge < -0.3 is 5.84 Å². The highest BCUT2D eigenvalue weighted by atomic mass is 32.1. The Morgan fingerprint density at radius 2 is 1.68 bits per heavy atom. The molecule has 1 unspecified atom stereocenters. The van der Waals surface area contributed by atoms with Crippen molar-refractivity contribution >= 4 is 50.6 Å². The number of Topliss-reactive ketones (excluding diaryl/α,β-unsaturated/α-hetero) is 1. The van der Waals surface area contributed by atoms with Gasteiger partial charge in [0.15, 0.2) is 0 Å². The molecule has 140 valence electrons. The molecule has 2 aromatic carbocycles. The van der Waals surface area contributed by atoms with Crippen molar-refractivity contribution in [3.05, 3.63) is 58.6 Å². The van der Waals surface area contributed by atoms with E-state index in [4.69, 9.17) is 5.84 Å². The molecule has 3 aromatic rings. The van der Waals surface area contributed by atoms with Crippen molar-refractivity contribution in [3.63, 3.8) is 0 Å². The maximum atomic E-state index is 13.1. The second kappa shape index (κ2) is 6.65. The Morgan fingerprint density at radius 3 is 2.32 bits per heavy atom. The fourth-order valence-electron chi connectivity index (χ4n) is 3.42. The van der Waals surface area contributed by atoms with Gasteiger partial charge in [-0.3, -0.25) is 14.4 Å². The molecule has 1 aromatic heterocycles. The van der Waals surface area contributed by atoms with Crippen molar-refractivity contribution < 1.29 is 14.4 Å². The Labute approximate surface area is 164 Å². The number of fused-ring (bicyclic) bond motifs is 1. The van der Waals surface area contributed by atoms with Crippen molar-refractivity contribution in [2.75, 3.05) is 4.90 Å². The largest absolute Gasteiger partial charge is 0.323 e. The second-order valence-electron chi connectivity index (χ2n) is 6.52. The number of imide groups is 1. The van der Waals surface area contributed by atoms with Gasteiger partial charge in [-0.2, -0.15) is 5.10 Å². The van der Waals surface area contributed by atoms with E-state index in [9.17, 15) is 14.4 Å². The van der Waals surface area contributed by atoms with Gasteiger partial charge in [0.2, 0.25) is 5.78 Å². The van der Waals surface area contributed by atoms with Gasteiger partial charge in [-0.15, -0.1) is 11.3 Å². The molecule has 1 fully saturated rings. The third kappa shape index (κ3) is 2.61. The Bertz CT molecular complexity index is 1130. The van der Waals surface area contributed by atoms with Crippen LogP contribution in [0.1, 0.15) is 22.1 Å². The van der Waals surface area contributed by atoms with Crippen molar-refractivity contribution in [1.29, 1.82) is 0 Å². The van der Waals surface area contributed by atoms with Crippen molar-refractivity contribution in [3.8, 4) is 0 Å². The number of anilines is 1. The Balaban J connectivity index is 1.85. The summed E-state index contributed by atoms with van der Waals surface area (Å²) in [6.45, 7) is 3.54. The zero-order valence-corrected chi connectivity index (χ0v) is 16.0. The maximum Gasteiger partial charge on any atom is 0.302 e. The highest BCUT2D eigenvalue weighted by Gasteiger charge is 2.48. The zero-order valence-electron chi connectivity index (χ0n) is 15.2. The molecule has 0 radical (unpaired) electrons. The van der Waals surface area contributed by atoms with E-state index in [2.05, 4.69) is 10.1 Å². The second-order valence-corrected chi connectivity index (χ2v) is 7.58. The lowest BCUT2D eigenvalue weighted by atomic mass is 9.91. The number of rotatable bonds is 2. The van der Waals surface area contributed by atoms with Gasteiger partial charge in [-0.1, -0.05) is 30.3 Å². The highest BCUT2D eigenvalue weighted by Crippen LogP contribution is 2.35. The number of thiazole rings is 1. The molecule has 0 saturated carbocycles. The van der Waals surface area contributed by atoms with Crippen LogP contribution in [0.3, 0.4) is 0 Å². The number of hydrogen-bond acceptors (Lipinski definition) is 7. The van der Waals surface area contributed by atoms with Crippen LogP contribution in [0.2, 0.25) is 0 Å². The first kappa shape index (κ1) is 18.0.